The summed E-state index contributed by atoms with van der Waals surface area (Å²) in [6, 6.07) is 8.23. The molecule has 0 saturated heterocycles. The number of aromatic nitrogens is 4. The van der Waals surface area contributed by atoms with E-state index in [1.807, 2.05) is 0 Å². The molecule has 0 spiro atoms. The summed E-state index contributed by atoms with van der Waals surface area (Å²) in [7, 11) is 0. The Bertz CT molecular complexity index is 1010. The molecule has 3 aromatic rings. The van der Waals surface area contributed by atoms with Gasteiger partial charge < -0.3 is 0 Å². The Morgan fingerprint density at radius 1 is 1.14 bits per heavy atom. The van der Waals surface area contributed by atoms with Crippen LogP contribution in [0.3, 0.4) is 0 Å². The molecule has 2 atom stereocenters. The second-order valence-electron chi connectivity index (χ2n) is 7.12. The van der Waals surface area contributed by atoms with E-state index in [0.717, 1.165) is 0 Å². The third-order valence-corrected chi connectivity index (χ3v) is 5.10. The molecule has 0 radical (unpaired) electrons. The van der Waals surface area contributed by atoms with Gasteiger partial charge >= 0.3 is 0 Å². The minimum absolute atomic E-state index is 0.0369. The number of aryl methyl sites for hydroxylation is 1. The minimum atomic E-state index is -0.641. The standard InChI is InChI=1S/C20H17F3N4O/c1-11-6-17(22)19(18(23)7-11)16-10-27-20(24-25-26-27)15(16)9-14(28)8-12-2-4-13(21)5-3-12/h2-7,15-16H,8-10H2,1H3/t15-,16+/m0/s1. The Kier molecular flexibility index (Phi) is 4.70. The third kappa shape index (κ3) is 3.42. The van der Waals surface area contributed by atoms with Gasteiger partial charge in [0.1, 0.15) is 23.2 Å². The largest absolute Gasteiger partial charge is 0.299 e. The fourth-order valence-electron chi connectivity index (χ4n) is 3.84. The van der Waals surface area contributed by atoms with Crippen molar-refractivity contribution in [1.29, 1.82) is 0 Å². The number of hydrogen-bond acceptors (Lipinski definition) is 4. The normalized spacial score (nSPS) is 18.3. The number of nitrogens with zero attached hydrogens (tertiary/aromatic N) is 4. The fraction of sp³-hybridized carbons (Fsp3) is 0.300. The van der Waals surface area contributed by atoms with E-state index in [0.29, 0.717) is 17.0 Å². The van der Waals surface area contributed by atoms with Gasteiger partial charge in [-0.2, -0.15) is 0 Å². The summed E-state index contributed by atoms with van der Waals surface area (Å²) in [6.07, 6.45) is 0.138. The number of fused-ring (bicyclic) bond motifs is 1. The van der Waals surface area contributed by atoms with Crippen LogP contribution in [0, 0.1) is 24.4 Å². The maximum Gasteiger partial charge on any atom is 0.155 e. The predicted molar refractivity (Wildman–Crippen MR) is 94.1 cm³/mol. The summed E-state index contributed by atoms with van der Waals surface area (Å²) < 4.78 is 43.7. The Morgan fingerprint density at radius 3 is 2.50 bits per heavy atom. The van der Waals surface area contributed by atoms with Crippen LogP contribution in [0.15, 0.2) is 36.4 Å². The summed E-state index contributed by atoms with van der Waals surface area (Å²) in [5, 5.41) is 11.4. The first kappa shape index (κ1) is 18.3. The molecule has 144 valence electrons. The molecule has 1 aliphatic rings. The van der Waals surface area contributed by atoms with Gasteiger partial charge in [-0.3, -0.25) is 4.79 Å². The van der Waals surface area contributed by atoms with Gasteiger partial charge in [-0.25, -0.2) is 17.9 Å². The van der Waals surface area contributed by atoms with Crippen LogP contribution in [0.1, 0.15) is 40.8 Å². The van der Waals surface area contributed by atoms with Crippen LogP contribution in [-0.4, -0.2) is 26.0 Å². The van der Waals surface area contributed by atoms with Crippen molar-refractivity contribution in [3.05, 3.63) is 76.4 Å². The van der Waals surface area contributed by atoms with E-state index < -0.39 is 23.5 Å². The minimum Gasteiger partial charge on any atom is -0.299 e. The van der Waals surface area contributed by atoms with Gasteiger partial charge in [-0.15, -0.1) is 5.10 Å². The van der Waals surface area contributed by atoms with Crippen LogP contribution in [0.4, 0.5) is 13.2 Å². The monoisotopic (exact) mass is 386 g/mol. The Balaban J connectivity index is 1.61. The Morgan fingerprint density at radius 2 is 1.82 bits per heavy atom. The molecule has 0 amide bonds. The second-order valence-corrected chi connectivity index (χ2v) is 7.12. The van der Waals surface area contributed by atoms with E-state index in [2.05, 4.69) is 15.5 Å². The van der Waals surface area contributed by atoms with Gasteiger partial charge in [-0.05, 0) is 52.7 Å². The van der Waals surface area contributed by atoms with Gasteiger partial charge in [0.05, 0.1) is 6.54 Å². The molecule has 0 bridgehead atoms. The number of ketones is 1. The van der Waals surface area contributed by atoms with Crippen LogP contribution < -0.4 is 0 Å². The van der Waals surface area contributed by atoms with Crippen molar-refractivity contribution in [3.8, 4) is 0 Å². The zero-order chi connectivity index (χ0) is 19.8. The van der Waals surface area contributed by atoms with Crippen LogP contribution in [0.25, 0.3) is 0 Å². The van der Waals surface area contributed by atoms with E-state index in [4.69, 9.17) is 0 Å². The average molecular weight is 386 g/mol. The van der Waals surface area contributed by atoms with Crippen LogP contribution in [-0.2, 0) is 17.8 Å². The van der Waals surface area contributed by atoms with E-state index in [-0.39, 0.29) is 36.6 Å². The van der Waals surface area contributed by atoms with Crippen molar-refractivity contribution >= 4 is 5.78 Å². The highest BCUT2D eigenvalue weighted by Crippen LogP contribution is 2.43. The number of hydrogen-bond donors (Lipinski definition) is 0. The van der Waals surface area contributed by atoms with Gasteiger partial charge in [-0.1, -0.05) is 12.1 Å². The van der Waals surface area contributed by atoms with Crippen LogP contribution in [0.2, 0.25) is 0 Å². The fourth-order valence-corrected chi connectivity index (χ4v) is 3.84. The summed E-state index contributed by atoms with van der Waals surface area (Å²) in [5.74, 6) is -2.49. The van der Waals surface area contributed by atoms with E-state index >= 15 is 0 Å². The molecule has 8 heteroatoms. The molecular formula is C20H17F3N4O. The first-order chi connectivity index (χ1) is 13.4. The van der Waals surface area contributed by atoms with Crippen molar-refractivity contribution in [2.45, 2.75) is 38.1 Å². The molecule has 2 heterocycles. The summed E-state index contributed by atoms with van der Waals surface area (Å²) in [5.41, 5.74) is 1.10. The molecule has 0 N–H and O–H groups in total. The van der Waals surface area contributed by atoms with E-state index in [9.17, 15) is 18.0 Å². The van der Waals surface area contributed by atoms with Crippen molar-refractivity contribution in [2.24, 2.45) is 0 Å². The highest BCUT2D eigenvalue weighted by molar-refractivity contribution is 5.81. The molecule has 1 aliphatic heterocycles. The number of rotatable bonds is 5. The number of tetrazole rings is 1. The van der Waals surface area contributed by atoms with E-state index in [1.54, 1.807) is 19.1 Å². The van der Waals surface area contributed by atoms with Gasteiger partial charge in [0.25, 0.3) is 0 Å². The van der Waals surface area contributed by atoms with Gasteiger partial charge in [0.2, 0.25) is 0 Å². The second kappa shape index (κ2) is 7.18. The quantitative estimate of drug-likeness (QED) is 0.674. The van der Waals surface area contributed by atoms with Crippen LogP contribution in [0.5, 0.6) is 0 Å². The molecule has 0 fully saturated rings. The zero-order valence-electron chi connectivity index (χ0n) is 15.1. The van der Waals surface area contributed by atoms with Crippen molar-refractivity contribution in [3.63, 3.8) is 0 Å². The highest BCUT2D eigenvalue weighted by atomic mass is 19.1. The lowest BCUT2D eigenvalue weighted by atomic mass is 9.83. The molecule has 4 rings (SSSR count). The zero-order valence-corrected chi connectivity index (χ0v) is 15.1. The van der Waals surface area contributed by atoms with Crippen molar-refractivity contribution < 1.29 is 18.0 Å². The highest BCUT2D eigenvalue weighted by Gasteiger charge is 2.40. The average Bonchev–Trinajstić information content (AvgIpc) is 3.19. The topological polar surface area (TPSA) is 60.7 Å². The molecule has 0 saturated carbocycles. The number of benzene rings is 2. The summed E-state index contributed by atoms with van der Waals surface area (Å²) >= 11 is 0. The molecular weight excluding hydrogens is 369 g/mol. The third-order valence-electron chi connectivity index (χ3n) is 5.10. The Hall–Kier alpha value is -3.03. The Labute approximate surface area is 159 Å². The number of halogens is 3. The maximum atomic E-state index is 14.6. The van der Waals surface area contributed by atoms with Gasteiger partial charge in [0.15, 0.2) is 5.82 Å². The molecule has 1 aromatic heterocycles. The SMILES string of the molecule is Cc1cc(F)c([C@@H]2Cn3nnnc3[C@H]2CC(=O)Cc2ccc(F)cc2)c(F)c1. The molecule has 0 aliphatic carbocycles. The van der Waals surface area contributed by atoms with Crippen molar-refractivity contribution in [1.82, 2.24) is 20.2 Å². The van der Waals surface area contributed by atoms with Crippen LogP contribution >= 0.6 is 0 Å². The summed E-state index contributed by atoms with van der Waals surface area (Å²) in [4.78, 5) is 12.6. The maximum absolute atomic E-state index is 14.6. The first-order valence-corrected chi connectivity index (χ1v) is 8.90. The lowest BCUT2D eigenvalue weighted by molar-refractivity contribution is -0.118. The molecule has 5 nitrogen and oxygen atoms in total. The van der Waals surface area contributed by atoms with E-state index in [1.165, 1.54) is 28.9 Å². The number of carbonyl (C=O) groups is 1. The number of Topliss-reactive ketones (excluding diaryl/α,β-unsaturated/α-hetero) is 1. The number of carbonyl (C=O) groups excluding carboxylic acids is 1. The summed E-state index contributed by atoms with van der Waals surface area (Å²) in [6.45, 7) is 1.82. The lowest BCUT2D eigenvalue weighted by Gasteiger charge is -2.19. The molecule has 0 unspecified atom stereocenters. The lowest BCUT2D eigenvalue weighted by Crippen LogP contribution is -2.16. The molecule has 28 heavy (non-hydrogen) atoms. The smallest absolute Gasteiger partial charge is 0.155 e. The predicted octanol–water partition coefficient (Wildman–Crippen LogP) is 3.48. The molecule has 2 aromatic carbocycles. The first-order valence-electron chi connectivity index (χ1n) is 8.90. The van der Waals surface area contributed by atoms with Crippen molar-refractivity contribution in [2.75, 3.05) is 0 Å². The van der Waals surface area contributed by atoms with Gasteiger partial charge in [0, 0.05) is 30.2 Å².